The molecular formula is C8H18NO4PS. The molecule has 0 N–H and O–H groups in total. The van der Waals surface area contributed by atoms with Crippen molar-refractivity contribution in [2.24, 2.45) is 5.16 Å². The average molecular weight is 255 g/mol. The zero-order valence-electron chi connectivity index (χ0n) is 9.56. The van der Waals surface area contributed by atoms with Crippen molar-refractivity contribution in [3.05, 3.63) is 0 Å². The molecule has 5 nitrogen and oxygen atoms in total. The fraction of sp³-hybridized carbons (Fsp3) is 0.875. The van der Waals surface area contributed by atoms with Crippen LogP contribution in [0, 0.1) is 0 Å². The lowest BCUT2D eigenvalue weighted by Crippen LogP contribution is -2.06. The van der Waals surface area contributed by atoms with E-state index in [2.05, 4.69) is 9.99 Å². The summed E-state index contributed by atoms with van der Waals surface area (Å²) >= 11 is 5.16. The van der Waals surface area contributed by atoms with E-state index in [9.17, 15) is 0 Å². The van der Waals surface area contributed by atoms with E-state index in [1.54, 1.807) is 0 Å². The van der Waals surface area contributed by atoms with Gasteiger partial charge in [0.1, 0.15) is 7.11 Å². The van der Waals surface area contributed by atoms with Gasteiger partial charge in [-0.2, -0.15) is 0 Å². The highest BCUT2D eigenvalue weighted by Crippen LogP contribution is 2.50. The summed E-state index contributed by atoms with van der Waals surface area (Å²) < 4.78 is 16.0. The molecule has 90 valence electrons. The number of hydrogen-bond acceptors (Lipinski definition) is 6. The van der Waals surface area contributed by atoms with Crippen molar-refractivity contribution in [1.29, 1.82) is 0 Å². The van der Waals surface area contributed by atoms with Gasteiger partial charge in [0.25, 0.3) is 0 Å². The van der Waals surface area contributed by atoms with Crippen molar-refractivity contribution in [2.75, 3.05) is 20.3 Å². The van der Waals surface area contributed by atoms with Crippen molar-refractivity contribution >= 4 is 24.4 Å². The van der Waals surface area contributed by atoms with Crippen LogP contribution in [0.5, 0.6) is 0 Å². The Morgan fingerprint density at radius 3 is 2.07 bits per heavy atom. The van der Waals surface area contributed by atoms with E-state index in [0.717, 1.165) is 0 Å². The minimum absolute atomic E-state index is 0.391. The first-order valence-corrected chi connectivity index (χ1v) is 7.36. The highest BCUT2D eigenvalue weighted by Gasteiger charge is 2.22. The second-order valence-corrected chi connectivity index (χ2v) is 5.33. The van der Waals surface area contributed by atoms with Crippen LogP contribution in [0.4, 0.5) is 0 Å². The van der Waals surface area contributed by atoms with Crippen LogP contribution in [-0.4, -0.2) is 26.2 Å². The Bertz CT molecular complexity index is 237. The predicted octanol–water partition coefficient (Wildman–Crippen LogP) is 2.67. The van der Waals surface area contributed by atoms with E-state index in [-0.39, 0.29) is 0 Å². The van der Waals surface area contributed by atoms with E-state index >= 15 is 0 Å². The van der Waals surface area contributed by atoms with Crippen LogP contribution in [0.15, 0.2) is 5.16 Å². The van der Waals surface area contributed by atoms with E-state index in [4.69, 9.17) is 25.4 Å². The molecule has 0 saturated heterocycles. The average Bonchev–Trinajstić information content (AvgIpc) is 2.17. The second kappa shape index (κ2) is 8.05. The van der Waals surface area contributed by atoms with Crippen molar-refractivity contribution in [1.82, 2.24) is 0 Å². The molecule has 0 heterocycles. The molecule has 0 aliphatic heterocycles. The lowest BCUT2D eigenvalue weighted by Gasteiger charge is -2.20. The summed E-state index contributed by atoms with van der Waals surface area (Å²) in [6.07, 6.45) is 0.576. The molecule has 0 fully saturated rings. The molecule has 0 aromatic rings. The first-order chi connectivity index (χ1) is 7.11. The maximum atomic E-state index is 5.41. The molecule has 0 bridgehead atoms. The molecule has 0 amide bonds. The summed E-state index contributed by atoms with van der Waals surface area (Å²) in [5.41, 5.74) is 0. The topological polar surface area (TPSA) is 49.3 Å². The molecule has 0 aliphatic carbocycles. The SMILES string of the molecule is CCOP(=S)(OCC)OC(CC)=NOC. The molecule has 7 heteroatoms. The first kappa shape index (κ1) is 14.8. The van der Waals surface area contributed by atoms with Crippen molar-refractivity contribution in [3.8, 4) is 0 Å². The minimum Gasteiger partial charge on any atom is -0.406 e. The van der Waals surface area contributed by atoms with E-state index < -0.39 is 6.72 Å². The predicted molar refractivity (Wildman–Crippen MR) is 63.4 cm³/mol. The number of nitrogens with zero attached hydrogens (tertiary/aromatic N) is 1. The molecule has 0 aromatic carbocycles. The molecule has 0 aromatic heterocycles. The van der Waals surface area contributed by atoms with E-state index in [0.29, 0.717) is 25.5 Å². The fourth-order valence-corrected chi connectivity index (χ4v) is 2.91. The van der Waals surface area contributed by atoms with Crippen LogP contribution in [0.25, 0.3) is 0 Å². The van der Waals surface area contributed by atoms with Crippen LogP contribution in [0.2, 0.25) is 0 Å². The van der Waals surface area contributed by atoms with Gasteiger partial charge < -0.3 is 9.36 Å². The van der Waals surface area contributed by atoms with E-state index in [1.807, 2.05) is 20.8 Å². The third-order valence-corrected chi connectivity index (χ3v) is 3.73. The smallest absolute Gasteiger partial charge is 0.381 e. The van der Waals surface area contributed by atoms with Gasteiger partial charge >= 0.3 is 6.72 Å². The minimum atomic E-state index is -2.70. The van der Waals surface area contributed by atoms with Gasteiger partial charge in [-0.3, -0.25) is 9.05 Å². The Morgan fingerprint density at radius 1 is 1.20 bits per heavy atom. The maximum Gasteiger partial charge on any atom is 0.381 e. The van der Waals surface area contributed by atoms with Crippen molar-refractivity contribution in [3.63, 3.8) is 0 Å². The molecule has 0 atom stereocenters. The van der Waals surface area contributed by atoms with Crippen molar-refractivity contribution in [2.45, 2.75) is 27.2 Å². The lowest BCUT2D eigenvalue weighted by molar-refractivity contribution is 0.187. The van der Waals surface area contributed by atoms with Crippen LogP contribution < -0.4 is 0 Å². The van der Waals surface area contributed by atoms with Gasteiger partial charge in [-0.1, -0.05) is 12.1 Å². The second-order valence-electron chi connectivity index (χ2n) is 2.40. The Morgan fingerprint density at radius 2 is 1.73 bits per heavy atom. The van der Waals surface area contributed by atoms with Crippen molar-refractivity contribution < 1.29 is 18.4 Å². The Balaban J connectivity index is 4.51. The van der Waals surface area contributed by atoms with Gasteiger partial charge in [-0.15, -0.1) is 0 Å². The normalized spacial score (nSPS) is 12.7. The maximum absolute atomic E-state index is 5.41. The molecule has 0 rings (SSSR count). The third-order valence-electron chi connectivity index (χ3n) is 1.29. The highest BCUT2D eigenvalue weighted by atomic mass is 32.5. The van der Waals surface area contributed by atoms with Crippen LogP contribution in [-0.2, 0) is 30.2 Å². The summed E-state index contributed by atoms with van der Waals surface area (Å²) in [7, 11) is 1.45. The lowest BCUT2D eigenvalue weighted by atomic mass is 10.5. The summed E-state index contributed by atoms with van der Waals surface area (Å²) in [5, 5.41) is 3.69. The molecule has 0 radical (unpaired) electrons. The standard InChI is InChI=1S/C8H18NO4PS/c1-5-8(9-10-4)13-14(15,11-6-2)12-7-3/h5-7H2,1-4H3. The Labute approximate surface area is 96.0 Å². The molecule has 0 spiro atoms. The van der Waals surface area contributed by atoms with Gasteiger partial charge in [-0.05, 0) is 13.8 Å². The highest BCUT2D eigenvalue weighted by molar-refractivity contribution is 8.07. The largest absolute Gasteiger partial charge is 0.406 e. The van der Waals surface area contributed by atoms with Gasteiger partial charge in [0.15, 0.2) is 0 Å². The molecule has 0 saturated carbocycles. The number of rotatable bonds is 7. The van der Waals surface area contributed by atoms with Gasteiger partial charge in [-0.25, -0.2) is 0 Å². The monoisotopic (exact) mass is 255 g/mol. The summed E-state index contributed by atoms with van der Waals surface area (Å²) in [4.78, 5) is 4.62. The number of oxime groups is 1. The first-order valence-electron chi connectivity index (χ1n) is 4.80. The quantitative estimate of drug-likeness (QED) is 0.303. The van der Waals surface area contributed by atoms with Gasteiger partial charge in [0.05, 0.1) is 13.2 Å². The molecule has 0 aliphatic rings. The fourth-order valence-electron chi connectivity index (χ4n) is 0.783. The molecule has 0 unspecified atom stereocenters. The molecular weight excluding hydrogens is 237 g/mol. The zero-order chi connectivity index (χ0) is 11.7. The van der Waals surface area contributed by atoms with Crippen LogP contribution >= 0.6 is 6.72 Å². The van der Waals surface area contributed by atoms with E-state index in [1.165, 1.54) is 7.11 Å². The van der Waals surface area contributed by atoms with Crippen LogP contribution in [0.3, 0.4) is 0 Å². The van der Waals surface area contributed by atoms with Gasteiger partial charge in [0, 0.05) is 18.2 Å². The third kappa shape index (κ3) is 6.10. The Kier molecular flexibility index (Phi) is 7.96. The summed E-state index contributed by atoms with van der Waals surface area (Å²) in [6.45, 7) is 3.75. The zero-order valence-corrected chi connectivity index (χ0v) is 11.3. The summed E-state index contributed by atoms with van der Waals surface area (Å²) in [5.74, 6) is 0.391. The number of hydrogen-bond donors (Lipinski definition) is 0. The van der Waals surface area contributed by atoms with Crippen LogP contribution in [0.1, 0.15) is 27.2 Å². The summed E-state index contributed by atoms with van der Waals surface area (Å²) in [6, 6.07) is 0. The molecule has 15 heavy (non-hydrogen) atoms. The Hall–Kier alpha value is -0.160. The van der Waals surface area contributed by atoms with Gasteiger partial charge in [0.2, 0.25) is 5.90 Å².